The maximum absolute atomic E-state index is 13.9. The summed E-state index contributed by atoms with van der Waals surface area (Å²) < 4.78 is 71.1. The van der Waals surface area contributed by atoms with Gasteiger partial charge in [-0.15, -0.1) is 0 Å². The summed E-state index contributed by atoms with van der Waals surface area (Å²) in [4.78, 5) is 61.4. The third-order valence-corrected chi connectivity index (χ3v) is 9.16. The van der Waals surface area contributed by atoms with Crippen molar-refractivity contribution in [1.82, 2.24) is 14.3 Å². The Morgan fingerprint density at radius 1 is 1.00 bits per heavy atom. The molecule has 1 aliphatic heterocycles. The van der Waals surface area contributed by atoms with Crippen molar-refractivity contribution in [3.8, 4) is 0 Å². The van der Waals surface area contributed by atoms with Gasteiger partial charge in [0, 0.05) is 17.6 Å². The summed E-state index contributed by atoms with van der Waals surface area (Å²) in [7, 11) is -17.0. The smallest absolute Gasteiger partial charge is 0.387 e. The van der Waals surface area contributed by atoms with Gasteiger partial charge in [-0.2, -0.15) is 8.62 Å². The highest BCUT2D eigenvalue weighted by Gasteiger charge is 2.47. The van der Waals surface area contributed by atoms with Crippen LogP contribution in [0.5, 0.6) is 0 Å². The quantitative estimate of drug-likeness (QED) is 0.151. The molecular formula is C17H19FN3O16P3. The van der Waals surface area contributed by atoms with E-state index in [1.54, 1.807) is 0 Å². The molecule has 4 rings (SSSR count). The Balaban J connectivity index is 1.51. The van der Waals surface area contributed by atoms with Crippen LogP contribution in [0.3, 0.4) is 0 Å². The normalized spacial score (nSPS) is 24.7. The Bertz CT molecular complexity index is 1680. The van der Waals surface area contributed by atoms with Gasteiger partial charge < -0.3 is 39.0 Å². The SMILES string of the molecule is O=c1ccn([C@@H]2O[C@H](COP(=O)(O)OP(=O)(O)OP(=O)(O)O)[C@H](O)C2O)c(=O)n1Cc1noc2c(F)cccc12. The topological polar surface area (TPSA) is 280 Å². The minimum Gasteiger partial charge on any atom is -0.387 e. The fourth-order valence-corrected chi connectivity index (χ4v) is 6.71. The number of fused-ring (bicyclic) bond motifs is 1. The number of rotatable bonds is 10. The Hall–Kier alpha value is -2.41. The van der Waals surface area contributed by atoms with Crippen LogP contribution in [-0.2, 0) is 38.1 Å². The molecule has 3 aromatic rings. The van der Waals surface area contributed by atoms with Crippen LogP contribution >= 0.6 is 23.5 Å². The number of nitrogens with zero attached hydrogens (tertiary/aromatic N) is 3. The zero-order valence-electron chi connectivity index (χ0n) is 19.4. The molecule has 3 unspecified atom stereocenters. The summed E-state index contributed by atoms with van der Waals surface area (Å²) in [5, 5.41) is 24.6. The fourth-order valence-electron chi connectivity index (χ4n) is 3.68. The van der Waals surface area contributed by atoms with Gasteiger partial charge in [0.15, 0.2) is 12.0 Å². The van der Waals surface area contributed by atoms with E-state index in [2.05, 4.69) is 18.3 Å². The van der Waals surface area contributed by atoms with Gasteiger partial charge in [0.05, 0.1) is 13.2 Å². The average molecular weight is 633 g/mol. The molecule has 0 amide bonds. The Morgan fingerprint density at radius 2 is 1.70 bits per heavy atom. The first kappa shape index (κ1) is 30.5. The summed E-state index contributed by atoms with van der Waals surface area (Å²) in [6.07, 6.45) is -6.24. The Morgan fingerprint density at radius 3 is 2.38 bits per heavy atom. The van der Waals surface area contributed by atoms with E-state index in [9.17, 15) is 47.7 Å². The number of hydrogen-bond donors (Lipinski definition) is 6. The van der Waals surface area contributed by atoms with Crippen LogP contribution in [0.15, 0.2) is 44.6 Å². The Labute approximate surface area is 220 Å². The van der Waals surface area contributed by atoms with Gasteiger partial charge >= 0.3 is 29.2 Å². The number of aromatic nitrogens is 3. The number of hydrogen-bond acceptors (Lipinski definition) is 13. The first-order chi connectivity index (χ1) is 18.5. The number of aliphatic hydroxyl groups is 2. The number of halogens is 1. The van der Waals surface area contributed by atoms with Crippen molar-refractivity contribution in [2.45, 2.75) is 31.1 Å². The first-order valence-electron chi connectivity index (χ1n) is 10.6. The van der Waals surface area contributed by atoms with Crippen LogP contribution in [0.1, 0.15) is 11.9 Å². The first-order valence-corrected chi connectivity index (χ1v) is 15.1. The molecule has 1 aliphatic rings. The maximum Gasteiger partial charge on any atom is 0.490 e. The highest BCUT2D eigenvalue weighted by atomic mass is 31.3. The molecule has 0 aliphatic carbocycles. The molecule has 220 valence electrons. The van der Waals surface area contributed by atoms with Gasteiger partial charge in [-0.25, -0.2) is 22.9 Å². The van der Waals surface area contributed by atoms with Gasteiger partial charge in [0.1, 0.15) is 24.0 Å². The van der Waals surface area contributed by atoms with Gasteiger partial charge in [-0.1, -0.05) is 11.2 Å². The van der Waals surface area contributed by atoms with E-state index in [1.807, 2.05) is 0 Å². The van der Waals surface area contributed by atoms with E-state index in [0.29, 0.717) is 9.13 Å². The summed E-state index contributed by atoms with van der Waals surface area (Å²) >= 11 is 0. The molecule has 40 heavy (non-hydrogen) atoms. The highest BCUT2D eigenvalue weighted by molar-refractivity contribution is 7.66. The molecule has 2 aromatic heterocycles. The monoisotopic (exact) mass is 633 g/mol. The summed E-state index contributed by atoms with van der Waals surface area (Å²) in [5.74, 6) is -0.729. The van der Waals surface area contributed by atoms with Gasteiger partial charge in [-0.05, 0) is 12.1 Å². The van der Waals surface area contributed by atoms with E-state index in [0.717, 1.165) is 18.3 Å². The van der Waals surface area contributed by atoms with Crippen molar-refractivity contribution in [2.24, 2.45) is 0 Å². The van der Waals surface area contributed by atoms with E-state index in [-0.39, 0.29) is 16.7 Å². The Kier molecular flexibility index (Phi) is 8.48. The highest BCUT2D eigenvalue weighted by Crippen LogP contribution is 2.66. The van der Waals surface area contributed by atoms with Crippen LogP contribution < -0.4 is 11.2 Å². The minimum absolute atomic E-state index is 0.0215. The lowest BCUT2D eigenvalue weighted by Gasteiger charge is -2.19. The van der Waals surface area contributed by atoms with E-state index in [1.165, 1.54) is 12.1 Å². The number of para-hydroxylation sites is 1. The third-order valence-electron chi connectivity index (χ3n) is 5.36. The molecular weight excluding hydrogens is 614 g/mol. The molecule has 0 bridgehead atoms. The summed E-state index contributed by atoms with van der Waals surface area (Å²) in [6, 6.07) is 4.83. The van der Waals surface area contributed by atoms with E-state index < -0.39 is 78.2 Å². The number of benzene rings is 1. The van der Waals surface area contributed by atoms with Crippen LogP contribution in [0.4, 0.5) is 4.39 Å². The predicted molar refractivity (Wildman–Crippen MR) is 124 cm³/mol. The molecule has 1 fully saturated rings. The molecule has 0 spiro atoms. The summed E-state index contributed by atoms with van der Waals surface area (Å²) in [5.41, 5.74) is -2.09. The fraction of sp³-hybridized carbons (Fsp3) is 0.353. The predicted octanol–water partition coefficient (Wildman–Crippen LogP) is -0.699. The zero-order valence-corrected chi connectivity index (χ0v) is 22.1. The van der Waals surface area contributed by atoms with Crippen LogP contribution in [0.2, 0.25) is 0 Å². The second-order valence-corrected chi connectivity index (χ2v) is 12.5. The molecule has 3 heterocycles. The van der Waals surface area contributed by atoms with Crippen molar-refractivity contribution >= 4 is 34.4 Å². The number of phosphoric ester groups is 1. The van der Waals surface area contributed by atoms with Gasteiger partial charge in [0.25, 0.3) is 5.56 Å². The molecule has 23 heteroatoms. The maximum atomic E-state index is 13.9. The standard InChI is InChI=1S/C17H19FN3O16P3/c18-9-3-1-2-8-10(19-35-15(8)9)6-21-12(22)4-5-20(17(21)25)16-14(24)13(23)11(34-16)7-33-39(29,30)37-40(31,32)36-38(26,27)28/h1-5,11,13-14,16,23-24H,6-7H2,(H,29,30)(H,31,32)(H2,26,27,28)/t11-,13+,14?,16-/m1/s1. The molecule has 6 atom stereocenters. The lowest BCUT2D eigenvalue weighted by molar-refractivity contribution is -0.0547. The van der Waals surface area contributed by atoms with Crippen LogP contribution in [-0.4, -0.2) is 69.0 Å². The number of phosphoric acid groups is 3. The van der Waals surface area contributed by atoms with Crippen molar-refractivity contribution < 1.29 is 70.3 Å². The molecule has 6 N–H and O–H groups in total. The molecule has 1 aromatic carbocycles. The lowest BCUT2D eigenvalue weighted by Crippen LogP contribution is -2.43. The van der Waals surface area contributed by atoms with Crippen molar-refractivity contribution in [3.63, 3.8) is 0 Å². The second-order valence-electron chi connectivity index (χ2n) is 8.11. The zero-order chi connectivity index (χ0) is 29.6. The molecule has 0 radical (unpaired) electrons. The molecule has 0 saturated carbocycles. The van der Waals surface area contributed by atoms with Crippen molar-refractivity contribution in [2.75, 3.05) is 6.61 Å². The average Bonchev–Trinajstić information content (AvgIpc) is 3.35. The van der Waals surface area contributed by atoms with Crippen LogP contribution in [0, 0.1) is 5.82 Å². The van der Waals surface area contributed by atoms with Crippen molar-refractivity contribution in [1.29, 1.82) is 0 Å². The molecule has 1 saturated heterocycles. The minimum atomic E-state index is -5.81. The van der Waals surface area contributed by atoms with E-state index >= 15 is 0 Å². The lowest BCUT2D eigenvalue weighted by atomic mass is 10.1. The van der Waals surface area contributed by atoms with Gasteiger partial charge in [0.2, 0.25) is 5.58 Å². The largest absolute Gasteiger partial charge is 0.490 e. The van der Waals surface area contributed by atoms with Gasteiger partial charge in [-0.3, -0.25) is 18.5 Å². The second kappa shape index (κ2) is 11.1. The summed E-state index contributed by atoms with van der Waals surface area (Å²) in [6.45, 7) is -1.61. The number of aliphatic hydroxyl groups excluding tert-OH is 2. The number of ether oxygens (including phenoxy) is 1. The van der Waals surface area contributed by atoms with E-state index in [4.69, 9.17) is 19.0 Å². The molecule has 19 nitrogen and oxygen atoms in total. The third kappa shape index (κ3) is 6.72. The van der Waals surface area contributed by atoms with Crippen LogP contribution in [0.25, 0.3) is 11.0 Å². The van der Waals surface area contributed by atoms with Crippen molar-refractivity contribution in [3.05, 3.63) is 62.8 Å².